The van der Waals surface area contributed by atoms with Crippen molar-refractivity contribution < 1.29 is 9.59 Å². The molecular formula is C18H16BrN5O2. The number of nitrogens with one attached hydrogen (secondary N) is 1. The van der Waals surface area contributed by atoms with E-state index in [1.54, 1.807) is 15.8 Å². The number of halogens is 1. The molecule has 3 aromatic rings. The van der Waals surface area contributed by atoms with Gasteiger partial charge in [-0.05, 0) is 36.4 Å². The fourth-order valence-corrected chi connectivity index (χ4v) is 3.23. The number of nitrogens with zero attached hydrogens (tertiary/aromatic N) is 4. The maximum absolute atomic E-state index is 13.0. The lowest BCUT2D eigenvalue weighted by molar-refractivity contribution is -0.123. The van der Waals surface area contributed by atoms with Crippen molar-refractivity contribution >= 4 is 27.7 Å². The Morgan fingerprint density at radius 3 is 2.58 bits per heavy atom. The van der Waals surface area contributed by atoms with Gasteiger partial charge in [-0.3, -0.25) is 9.59 Å². The maximum atomic E-state index is 13.0. The Bertz CT molecular complexity index is 947. The number of hydrogen-bond acceptors (Lipinski definition) is 3. The van der Waals surface area contributed by atoms with Crippen LogP contribution in [0.1, 0.15) is 10.4 Å². The molecule has 2 aromatic heterocycles. The first-order valence-corrected chi connectivity index (χ1v) is 8.96. The molecule has 0 spiro atoms. The van der Waals surface area contributed by atoms with Crippen molar-refractivity contribution in [1.29, 1.82) is 0 Å². The number of amides is 2. The molecule has 26 heavy (non-hydrogen) atoms. The smallest absolute Gasteiger partial charge is 0.259 e. The van der Waals surface area contributed by atoms with E-state index in [0.717, 1.165) is 10.2 Å². The molecule has 8 heteroatoms. The van der Waals surface area contributed by atoms with Crippen LogP contribution in [0.25, 0.3) is 11.5 Å². The van der Waals surface area contributed by atoms with E-state index in [-0.39, 0.29) is 18.4 Å². The Balaban J connectivity index is 1.79. The largest absolute Gasteiger partial charge is 0.353 e. The normalized spacial score (nSPS) is 14.3. The summed E-state index contributed by atoms with van der Waals surface area (Å²) in [6.45, 7) is 1.01. The zero-order valence-corrected chi connectivity index (χ0v) is 15.4. The molecule has 1 aliphatic rings. The molecule has 1 fully saturated rings. The standard InChI is InChI=1S/C18H16BrN5O2/c19-13-3-5-14(6-4-13)24-17(22-8-1-2-9-22)15(11-21-24)18(26)23-10-7-20-16(25)12-23/h1-6,8-9,11H,7,10,12H2,(H,20,25). The van der Waals surface area contributed by atoms with Crippen LogP contribution >= 0.6 is 15.9 Å². The second kappa shape index (κ2) is 6.80. The summed E-state index contributed by atoms with van der Waals surface area (Å²) in [5.74, 6) is 0.299. The van der Waals surface area contributed by atoms with Crippen molar-refractivity contribution in [3.8, 4) is 11.5 Å². The van der Waals surface area contributed by atoms with Crippen LogP contribution in [0, 0.1) is 0 Å². The van der Waals surface area contributed by atoms with Crippen molar-refractivity contribution in [2.24, 2.45) is 0 Å². The van der Waals surface area contributed by atoms with E-state index in [1.165, 1.54) is 0 Å². The van der Waals surface area contributed by atoms with Crippen molar-refractivity contribution in [2.75, 3.05) is 19.6 Å². The molecule has 1 aliphatic heterocycles. The Morgan fingerprint density at radius 1 is 1.15 bits per heavy atom. The molecule has 7 nitrogen and oxygen atoms in total. The van der Waals surface area contributed by atoms with Gasteiger partial charge in [0.05, 0.1) is 18.4 Å². The summed E-state index contributed by atoms with van der Waals surface area (Å²) in [4.78, 5) is 26.2. The number of benzene rings is 1. The summed E-state index contributed by atoms with van der Waals surface area (Å²) in [5.41, 5.74) is 1.30. The number of carbonyl (C=O) groups excluding carboxylic acids is 2. The van der Waals surface area contributed by atoms with Gasteiger partial charge in [-0.15, -0.1) is 0 Å². The maximum Gasteiger partial charge on any atom is 0.259 e. The SMILES string of the molecule is O=C1CN(C(=O)c2cnn(-c3ccc(Br)cc3)c2-n2cccc2)CCN1. The summed E-state index contributed by atoms with van der Waals surface area (Å²) < 4.78 is 4.54. The number of aromatic nitrogens is 3. The second-order valence-electron chi connectivity index (χ2n) is 5.94. The number of hydrogen-bond donors (Lipinski definition) is 1. The number of rotatable bonds is 3. The van der Waals surface area contributed by atoms with E-state index >= 15 is 0 Å². The lowest BCUT2D eigenvalue weighted by Crippen LogP contribution is -2.50. The third-order valence-corrected chi connectivity index (χ3v) is 4.75. The van der Waals surface area contributed by atoms with E-state index in [9.17, 15) is 9.59 Å². The fraction of sp³-hybridized carbons (Fsp3) is 0.167. The predicted molar refractivity (Wildman–Crippen MR) is 99.5 cm³/mol. The molecule has 2 amide bonds. The molecule has 0 bridgehead atoms. The Hall–Kier alpha value is -2.87. The molecule has 0 unspecified atom stereocenters. The van der Waals surface area contributed by atoms with Gasteiger partial charge in [0.15, 0.2) is 5.82 Å². The van der Waals surface area contributed by atoms with Gasteiger partial charge in [0.2, 0.25) is 5.91 Å². The fourth-order valence-electron chi connectivity index (χ4n) is 2.97. The number of piperazine rings is 1. The highest BCUT2D eigenvalue weighted by Crippen LogP contribution is 2.22. The van der Waals surface area contributed by atoms with E-state index in [4.69, 9.17) is 0 Å². The monoisotopic (exact) mass is 413 g/mol. The zero-order chi connectivity index (χ0) is 18.1. The molecule has 0 aliphatic carbocycles. The van der Waals surface area contributed by atoms with Crippen LogP contribution in [0.5, 0.6) is 0 Å². The molecular weight excluding hydrogens is 398 g/mol. The molecule has 0 atom stereocenters. The first-order valence-electron chi connectivity index (χ1n) is 8.17. The minimum Gasteiger partial charge on any atom is -0.353 e. The molecule has 1 saturated heterocycles. The van der Waals surface area contributed by atoms with E-state index in [1.807, 2.05) is 53.4 Å². The van der Waals surface area contributed by atoms with Crippen LogP contribution < -0.4 is 5.32 Å². The molecule has 0 saturated carbocycles. The highest BCUT2D eigenvalue weighted by atomic mass is 79.9. The molecule has 1 N–H and O–H groups in total. The highest BCUT2D eigenvalue weighted by molar-refractivity contribution is 9.10. The van der Waals surface area contributed by atoms with Crippen molar-refractivity contribution in [3.05, 3.63) is 65.0 Å². The van der Waals surface area contributed by atoms with Gasteiger partial charge in [-0.25, -0.2) is 4.68 Å². The van der Waals surface area contributed by atoms with Crippen LogP contribution in [0.3, 0.4) is 0 Å². The molecule has 0 radical (unpaired) electrons. The van der Waals surface area contributed by atoms with Gasteiger partial charge in [0, 0.05) is 30.0 Å². The molecule has 132 valence electrons. The van der Waals surface area contributed by atoms with Gasteiger partial charge in [0.1, 0.15) is 5.56 Å². The lowest BCUT2D eigenvalue weighted by atomic mass is 10.2. The first kappa shape index (κ1) is 16.6. The topological polar surface area (TPSA) is 72.2 Å². The minimum absolute atomic E-state index is 0.0629. The summed E-state index contributed by atoms with van der Waals surface area (Å²) in [6, 6.07) is 11.5. The lowest BCUT2D eigenvalue weighted by Gasteiger charge is -2.26. The van der Waals surface area contributed by atoms with E-state index < -0.39 is 0 Å². The van der Waals surface area contributed by atoms with Crippen LogP contribution in [-0.4, -0.2) is 50.7 Å². The average molecular weight is 414 g/mol. The quantitative estimate of drug-likeness (QED) is 0.713. The summed E-state index contributed by atoms with van der Waals surface area (Å²) in [5, 5.41) is 7.17. The summed E-state index contributed by atoms with van der Waals surface area (Å²) in [6.07, 6.45) is 5.30. The van der Waals surface area contributed by atoms with E-state index in [0.29, 0.717) is 24.5 Å². The Kier molecular flexibility index (Phi) is 4.34. The highest BCUT2D eigenvalue weighted by Gasteiger charge is 2.27. The Morgan fingerprint density at radius 2 is 1.88 bits per heavy atom. The van der Waals surface area contributed by atoms with Crippen LogP contribution in [0.4, 0.5) is 0 Å². The predicted octanol–water partition coefficient (Wildman–Crippen LogP) is 2.00. The third-order valence-electron chi connectivity index (χ3n) is 4.22. The minimum atomic E-state index is -0.202. The van der Waals surface area contributed by atoms with Gasteiger partial charge < -0.3 is 14.8 Å². The molecule has 4 rings (SSSR count). The van der Waals surface area contributed by atoms with Gasteiger partial charge in [0.25, 0.3) is 5.91 Å². The van der Waals surface area contributed by atoms with Gasteiger partial charge in [-0.1, -0.05) is 15.9 Å². The Labute approximate surface area is 158 Å². The van der Waals surface area contributed by atoms with Crippen LogP contribution in [0.2, 0.25) is 0 Å². The molecule has 3 heterocycles. The van der Waals surface area contributed by atoms with Crippen molar-refractivity contribution in [3.63, 3.8) is 0 Å². The van der Waals surface area contributed by atoms with Crippen LogP contribution in [-0.2, 0) is 4.79 Å². The van der Waals surface area contributed by atoms with E-state index in [2.05, 4.69) is 26.3 Å². The van der Waals surface area contributed by atoms with Gasteiger partial charge >= 0.3 is 0 Å². The average Bonchev–Trinajstić information content (AvgIpc) is 3.31. The third kappa shape index (κ3) is 3.03. The second-order valence-corrected chi connectivity index (χ2v) is 6.85. The van der Waals surface area contributed by atoms with Crippen molar-refractivity contribution in [1.82, 2.24) is 24.6 Å². The van der Waals surface area contributed by atoms with Crippen molar-refractivity contribution in [2.45, 2.75) is 0 Å². The summed E-state index contributed by atoms with van der Waals surface area (Å²) in [7, 11) is 0. The number of carbonyl (C=O) groups is 2. The first-order chi connectivity index (χ1) is 12.6. The summed E-state index contributed by atoms with van der Waals surface area (Å²) >= 11 is 3.43. The van der Waals surface area contributed by atoms with Crippen LogP contribution in [0.15, 0.2) is 59.5 Å². The molecule has 1 aromatic carbocycles. The van der Waals surface area contributed by atoms with Gasteiger partial charge in [-0.2, -0.15) is 5.10 Å². The zero-order valence-electron chi connectivity index (χ0n) is 13.8.